The highest BCUT2D eigenvalue weighted by Gasteiger charge is 2.47. The third-order valence-electron chi connectivity index (χ3n) is 6.73. The molecular weight excluding hydrogens is 452 g/mol. The summed E-state index contributed by atoms with van der Waals surface area (Å²) in [5, 5.41) is 12.6. The van der Waals surface area contributed by atoms with Crippen LogP contribution in [0.4, 0.5) is 0 Å². The summed E-state index contributed by atoms with van der Waals surface area (Å²) >= 11 is 0. The second kappa shape index (κ2) is 7.88. The Morgan fingerprint density at radius 1 is 1.26 bits per heavy atom. The molecule has 0 saturated heterocycles. The first kappa shape index (κ1) is 22.5. The number of ether oxygens (including phenoxy) is 2. The second-order valence-electron chi connectivity index (χ2n) is 9.88. The van der Waals surface area contributed by atoms with Gasteiger partial charge in [0, 0.05) is 23.4 Å². The third-order valence-corrected chi connectivity index (χ3v) is 9.26. The number of hydrogen-bond donors (Lipinski definition) is 1. The van der Waals surface area contributed by atoms with Gasteiger partial charge in [-0.2, -0.15) is 0 Å². The van der Waals surface area contributed by atoms with Crippen LogP contribution >= 0.6 is 0 Å². The van der Waals surface area contributed by atoms with E-state index in [0.29, 0.717) is 35.1 Å². The largest absolute Gasteiger partial charge is 0.470 e. The second-order valence-corrected chi connectivity index (χ2v) is 15.0. The van der Waals surface area contributed by atoms with E-state index in [9.17, 15) is 19.5 Å². The smallest absolute Gasteiger partial charge is 0.343 e. The minimum Gasteiger partial charge on any atom is -0.470 e. The summed E-state index contributed by atoms with van der Waals surface area (Å²) in [5.74, 6) is -1.12. The van der Waals surface area contributed by atoms with E-state index in [4.69, 9.17) is 14.5 Å². The standard InChI is InChI=1S/C25H26N2O6Si/c1-15(28)33-14-34(2,3)9-8-25(31)19-11-21-22-17(10-16-6-4-5-7-20(16)26-22)12-27(21)23(29)18(19)13-32-24(25)30/h4-7,10-11,31H,8-9,12-14H2,1-3H3/t25-/m0/s1. The molecule has 4 heterocycles. The van der Waals surface area contributed by atoms with Crippen LogP contribution in [0.3, 0.4) is 0 Å². The number of benzene rings is 1. The summed E-state index contributed by atoms with van der Waals surface area (Å²) < 4.78 is 12.1. The number of hydrogen-bond acceptors (Lipinski definition) is 7. The summed E-state index contributed by atoms with van der Waals surface area (Å²) in [7, 11) is -2.08. The van der Waals surface area contributed by atoms with E-state index in [1.807, 2.05) is 43.4 Å². The summed E-state index contributed by atoms with van der Waals surface area (Å²) in [6.45, 7) is 5.61. The van der Waals surface area contributed by atoms with Crippen LogP contribution in [0.5, 0.6) is 0 Å². The fourth-order valence-electron chi connectivity index (χ4n) is 4.72. The number of carbonyl (C=O) groups is 2. The van der Waals surface area contributed by atoms with Gasteiger partial charge in [0.15, 0.2) is 5.60 Å². The number of carbonyl (C=O) groups excluding carboxylic acids is 2. The van der Waals surface area contributed by atoms with Crippen molar-refractivity contribution in [3.8, 4) is 11.4 Å². The Balaban J connectivity index is 1.57. The van der Waals surface area contributed by atoms with Gasteiger partial charge in [0.1, 0.15) is 6.61 Å². The van der Waals surface area contributed by atoms with Crippen LogP contribution < -0.4 is 5.56 Å². The molecule has 0 unspecified atom stereocenters. The van der Waals surface area contributed by atoms with Gasteiger partial charge in [0.05, 0.1) is 43.3 Å². The third kappa shape index (κ3) is 3.65. The molecule has 1 aromatic carbocycles. The van der Waals surface area contributed by atoms with Gasteiger partial charge >= 0.3 is 11.9 Å². The number of pyridine rings is 2. The molecule has 0 aliphatic carbocycles. The lowest BCUT2D eigenvalue weighted by atomic mass is 9.86. The molecule has 1 atom stereocenters. The number of nitrogens with zero attached hydrogens (tertiary/aromatic N) is 2. The first-order valence-corrected chi connectivity index (χ1v) is 14.7. The summed E-state index contributed by atoms with van der Waals surface area (Å²) in [6, 6.07) is 12.0. The van der Waals surface area contributed by atoms with Crippen molar-refractivity contribution in [3.63, 3.8) is 0 Å². The summed E-state index contributed by atoms with van der Waals surface area (Å²) in [5.41, 5.74) is 1.37. The van der Waals surface area contributed by atoms with Crippen molar-refractivity contribution in [2.24, 2.45) is 0 Å². The zero-order valence-corrected chi connectivity index (χ0v) is 20.4. The van der Waals surface area contributed by atoms with Crippen LogP contribution in [0, 0.1) is 0 Å². The monoisotopic (exact) mass is 478 g/mol. The Bertz CT molecular complexity index is 1410. The van der Waals surface area contributed by atoms with Crippen LogP contribution in [-0.4, -0.2) is 40.9 Å². The van der Waals surface area contributed by atoms with Gasteiger partial charge in [-0.1, -0.05) is 37.3 Å². The van der Waals surface area contributed by atoms with Crippen molar-refractivity contribution in [1.82, 2.24) is 9.55 Å². The van der Waals surface area contributed by atoms with Crippen LogP contribution in [0.2, 0.25) is 19.1 Å². The molecule has 0 radical (unpaired) electrons. The van der Waals surface area contributed by atoms with Crippen LogP contribution in [0.1, 0.15) is 30.0 Å². The molecule has 2 aromatic heterocycles. The van der Waals surface area contributed by atoms with Gasteiger partial charge in [-0.05, 0) is 24.6 Å². The molecule has 176 valence electrons. The van der Waals surface area contributed by atoms with Gasteiger partial charge < -0.3 is 19.1 Å². The minimum absolute atomic E-state index is 0.0836. The Kier molecular flexibility index (Phi) is 5.21. The molecule has 0 fully saturated rings. The first-order valence-electron chi connectivity index (χ1n) is 11.3. The van der Waals surface area contributed by atoms with Crippen molar-refractivity contribution < 1.29 is 24.2 Å². The molecule has 0 saturated carbocycles. The van der Waals surface area contributed by atoms with E-state index in [0.717, 1.165) is 16.5 Å². The van der Waals surface area contributed by atoms with E-state index in [1.165, 1.54) is 6.92 Å². The fourth-order valence-corrected chi connectivity index (χ4v) is 6.49. The molecule has 8 nitrogen and oxygen atoms in total. The molecule has 0 amide bonds. The molecule has 2 aliphatic heterocycles. The molecule has 0 spiro atoms. The SMILES string of the molecule is CC(=O)OC[Si](C)(C)CC[C@@]1(O)C(=O)OCc2c1cc1n(c2=O)Cc2cc3ccccc3nc2-1. The number of aromatic nitrogens is 2. The Morgan fingerprint density at radius 3 is 2.79 bits per heavy atom. The highest BCUT2D eigenvalue weighted by molar-refractivity contribution is 6.77. The van der Waals surface area contributed by atoms with E-state index >= 15 is 0 Å². The maximum atomic E-state index is 13.4. The lowest BCUT2D eigenvalue weighted by Gasteiger charge is -2.34. The van der Waals surface area contributed by atoms with Gasteiger partial charge in [0.2, 0.25) is 0 Å². The van der Waals surface area contributed by atoms with Gasteiger partial charge in [-0.15, -0.1) is 0 Å². The first-order chi connectivity index (χ1) is 16.1. The molecular formula is C25H26N2O6Si. The van der Waals surface area contributed by atoms with E-state index in [-0.39, 0.29) is 30.8 Å². The number of esters is 2. The molecule has 3 aromatic rings. The maximum Gasteiger partial charge on any atom is 0.343 e. The number of rotatable bonds is 5. The van der Waals surface area contributed by atoms with Crippen LogP contribution in [0.15, 0.2) is 41.2 Å². The van der Waals surface area contributed by atoms with Crippen LogP contribution in [-0.2, 0) is 37.8 Å². The fraction of sp³-hybridized carbons (Fsp3) is 0.360. The minimum atomic E-state index is -2.08. The Labute approximate surface area is 197 Å². The summed E-state index contributed by atoms with van der Waals surface area (Å²) in [6.07, 6.45) is 0.373. The quantitative estimate of drug-likeness (QED) is 0.347. The van der Waals surface area contributed by atoms with E-state index in [2.05, 4.69) is 0 Å². The van der Waals surface area contributed by atoms with Crippen molar-refractivity contribution >= 4 is 30.9 Å². The maximum absolute atomic E-state index is 13.4. The van der Waals surface area contributed by atoms with Gasteiger partial charge in [0.25, 0.3) is 5.56 Å². The van der Waals surface area contributed by atoms with Crippen LogP contribution in [0.25, 0.3) is 22.3 Å². The van der Waals surface area contributed by atoms with E-state index < -0.39 is 19.6 Å². The van der Waals surface area contributed by atoms with E-state index in [1.54, 1.807) is 10.6 Å². The topological polar surface area (TPSA) is 108 Å². The lowest BCUT2D eigenvalue weighted by Crippen LogP contribution is -2.46. The number of cyclic esters (lactones) is 1. The van der Waals surface area contributed by atoms with Crippen molar-refractivity contribution in [2.45, 2.75) is 51.2 Å². The van der Waals surface area contributed by atoms with Gasteiger partial charge in [-0.3, -0.25) is 9.59 Å². The Morgan fingerprint density at radius 2 is 2.03 bits per heavy atom. The number of para-hydroxylation sites is 1. The highest BCUT2D eigenvalue weighted by atomic mass is 28.3. The molecule has 0 bridgehead atoms. The highest BCUT2D eigenvalue weighted by Crippen LogP contribution is 2.40. The normalized spacial score (nSPS) is 18.8. The molecule has 34 heavy (non-hydrogen) atoms. The predicted octanol–water partition coefficient (Wildman–Crippen LogP) is 2.87. The predicted molar refractivity (Wildman–Crippen MR) is 128 cm³/mol. The average Bonchev–Trinajstić information content (AvgIpc) is 3.16. The zero-order valence-electron chi connectivity index (χ0n) is 19.4. The number of fused-ring (bicyclic) bond motifs is 5. The van der Waals surface area contributed by atoms with Crippen molar-refractivity contribution in [1.29, 1.82) is 0 Å². The van der Waals surface area contributed by atoms with Crippen molar-refractivity contribution in [2.75, 3.05) is 6.23 Å². The lowest BCUT2D eigenvalue weighted by molar-refractivity contribution is -0.172. The van der Waals surface area contributed by atoms with Crippen molar-refractivity contribution in [3.05, 3.63) is 63.4 Å². The molecule has 2 aliphatic rings. The Hall–Kier alpha value is -3.30. The zero-order chi connectivity index (χ0) is 24.3. The van der Waals surface area contributed by atoms with Gasteiger partial charge in [-0.25, -0.2) is 9.78 Å². The average molecular weight is 479 g/mol. The molecule has 1 N–H and O–H groups in total. The molecule has 9 heteroatoms. The molecule has 5 rings (SSSR count). The summed E-state index contributed by atoms with van der Waals surface area (Å²) in [4.78, 5) is 42.3. The number of aliphatic hydroxyl groups is 1.